The minimum absolute atomic E-state index is 0.125. The van der Waals surface area contributed by atoms with Gasteiger partial charge in [-0.15, -0.1) is 0 Å². The van der Waals surface area contributed by atoms with Gasteiger partial charge >= 0.3 is 0 Å². The Kier molecular flexibility index (Phi) is 2.74. The van der Waals surface area contributed by atoms with Crippen LogP contribution in [0.4, 0.5) is 5.13 Å². The minimum Gasteiger partial charge on any atom is -0.353 e. The number of carbonyl (C=O) groups is 1. The number of hydrogen-bond donors (Lipinski definition) is 1. The number of aromatic nitrogens is 2. The van der Waals surface area contributed by atoms with Gasteiger partial charge in [0.25, 0.3) is 0 Å². The van der Waals surface area contributed by atoms with Crippen LogP contribution < -0.4 is 10.2 Å². The summed E-state index contributed by atoms with van der Waals surface area (Å²) in [7, 11) is 0. The van der Waals surface area contributed by atoms with Crippen LogP contribution in [0, 0.1) is 12.8 Å². The maximum absolute atomic E-state index is 11.9. The first-order valence-electron chi connectivity index (χ1n) is 6.08. The number of aryl methyl sites for hydroxylation is 1. The monoisotopic (exact) mass is 252 g/mol. The molecule has 1 saturated carbocycles. The fourth-order valence-corrected chi connectivity index (χ4v) is 2.82. The number of amides is 1. The standard InChI is InChI=1S/C11H16N4OS/c1-7-12-11(17-14-7)15-5-4-8(6-15)10(16)13-9-2-3-9/h8-9H,2-6H2,1H3,(H,13,16). The summed E-state index contributed by atoms with van der Waals surface area (Å²) in [6, 6.07) is 0.459. The second kappa shape index (κ2) is 4.25. The number of nitrogens with one attached hydrogen (secondary N) is 1. The molecule has 6 heteroatoms. The molecule has 1 aromatic heterocycles. The summed E-state index contributed by atoms with van der Waals surface area (Å²) >= 11 is 1.42. The van der Waals surface area contributed by atoms with E-state index in [-0.39, 0.29) is 11.8 Å². The van der Waals surface area contributed by atoms with Gasteiger partial charge < -0.3 is 10.2 Å². The molecule has 3 rings (SSSR count). The molecular formula is C11H16N4OS. The second-order valence-electron chi connectivity index (χ2n) is 4.84. The molecule has 0 aromatic carbocycles. The van der Waals surface area contributed by atoms with E-state index in [1.165, 1.54) is 11.5 Å². The average Bonchev–Trinajstić information content (AvgIpc) is 2.81. The molecule has 1 unspecified atom stereocenters. The first kappa shape index (κ1) is 11.0. The highest BCUT2D eigenvalue weighted by molar-refractivity contribution is 7.09. The van der Waals surface area contributed by atoms with Crippen molar-refractivity contribution in [3.63, 3.8) is 0 Å². The number of hydrogen-bond acceptors (Lipinski definition) is 5. The first-order valence-corrected chi connectivity index (χ1v) is 6.85. The smallest absolute Gasteiger partial charge is 0.225 e. The van der Waals surface area contributed by atoms with E-state index in [1.807, 2.05) is 6.92 Å². The van der Waals surface area contributed by atoms with E-state index in [0.717, 1.165) is 43.3 Å². The van der Waals surface area contributed by atoms with Crippen molar-refractivity contribution in [2.24, 2.45) is 5.92 Å². The topological polar surface area (TPSA) is 58.1 Å². The summed E-state index contributed by atoms with van der Waals surface area (Å²) in [4.78, 5) is 18.4. The number of rotatable bonds is 3. The minimum atomic E-state index is 0.125. The maximum Gasteiger partial charge on any atom is 0.225 e. The zero-order valence-corrected chi connectivity index (χ0v) is 10.7. The van der Waals surface area contributed by atoms with E-state index in [9.17, 15) is 4.79 Å². The fraction of sp³-hybridized carbons (Fsp3) is 0.727. The van der Waals surface area contributed by atoms with Crippen LogP contribution in [0.1, 0.15) is 25.1 Å². The van der Waals surface area contributed by atoms with Crippen molar-refractivity contribution >= 4 is 22.6 Å². The molecule has 1 amide bonds. The predicted molar refractivity (Wildman–Crippen MR) is 66.1 cm³/mol. The molecule has 0 spiro atoms. The Balaban J connectivity index is 1.59. The Bertz CT molecular complexity index is 429. The number of anilines is 1. The fourth-order valence-electron chi connectivity index (χ4n) is 2.11. The third-order valence-corrected chi connectivity index (χ3v) is 4.14. The average molecular weight is 252 g/mol. The molecule has 1 atom stereocenters. The van der Waals surface area contributed by atoms with E-state index in [2.05, 4.69) is 19.6 Å². The van der Waals surface area contributed by atoms with Gasteiger partial charge in [-0.25, -0.2) is 4.98 Å². The van der Waals surface area contributed by atoms with Crippen LogP contribution in [0.2, 0.25) is 0 Å². The van der Waals surface area contributed by atoms with Crippen LogP contribution >= 0.6 is 11.5 Å². The largest absolute Gasteiger partial charge is 0.353 e. The van der Waals surface area contributed by atoms with Crippen LogP contribution in [-0.2, 0) is 4.79 Å². The lowest BCUT2D eigenvalue weighted by molar-refractivity contribution is -0.124. The Hall–Kier alpha value is -1.17. The van der Waals surface area contributed by atoms with Crippen molar-refractivity contribution in [3.8, 4) is 0 Å². The van der Waals surface area contributed by atoms with Gasteiger partial charge in [-0.2, -0.15) is 4.37 Å². The summed E-state index contributed by atoms with van der Waals surface area (Å²) in [5, 5.41) is 4.02. The molecule has 5 nitrogen and oxygen atoms in total. The van der Waals surface area contributed by atoms with Gasteiger partial charge in [0.05, 0.1) is 5.92 Å². The van der Waals surface area contributed by atoms with Gasteiger partial charge in [-0.1, -0.05) is 0 Å². The Morgan fingerprint density at radius 3 is 2.94 bits per heavy atom. The quantitative estimate of drug-likeness (QED) is 0.870. The molecule has 1 N–H and O–H groups in total. The molecule has 1 aliphatic heterocycles. The van der Waals surface area contributed by atoms with Crippen molar-refractivity contribution < 1.29 is 4.79 Å². The number of carbonyl (C=O) groups excluding carboxylic acids is 1. The van der Waals surface area contributed by atoms with Crippen LogP contribution in [0.15, 0.2) is 0 Å². The van der Waals surface area contributed by atoms with Gasteiger partial charge in [-0.3, -0.25) is 4.79 Å². The van der Waals surface area contributed by atoms with Crippen LogP contribution in [-0.4, -0.2) is 34.4 Å². The highest BCUT2D eigenvalue weighted by Gasteiger charge is 2.33. The van der Waals surface area contributed by atoms with E-state index in [1.54, 1.807) is 0 Å². The van der Waals surface area contributed by atoms with E-state index in [0.29, 0.717) is 6.04 Å². The van der Waals surface area contributed by atoms with Gasteiger partial charge in [0.2, 0.25) is 11.0 Å². The van der Waals surface area contributed by atoms with Crippen LogP contribution in [0.5, 0.6) is 0 Å². The summed E-state index contributed by atoms with van der Waals surface area (Å²) in [5.41, 5.74) is 0. The Morgan fingerprint density at radius 1 is 1.47 bits per heavy atom. The van der Waals surface area contributed by atoms with Gasteiger partial charge in [0, 0.05) is 30.7 Å². The van der Waals surface area contributed by atoms with E-state index in [4.69, 9.17) is 0 Å². The molecule has 0 radical (unpaired) electrons. The summed E-state index contributed by atoms with van der Waals surface area (Å²) < 4.78 is 4.18. The van der Waals surface area contributed by atoms with Crippen molar-refractivity contribution in [1.29, 1.82) is 0 Å². The molecule has 2 heterocycles. The van der Waals surface area contributed by atoms with Crippen LogP contribution in [0.3, 0.4) is 0 Å². The maximum atomic E-state index is 11.9. The third kappa shape index (κ3) is 2.41. The second-order valence-corrected chi connectivity index (χ2v) is 5.57. The van der Waals surface area contributed by atoms with Gasteiger partial charge in [0.1, 0.15) is 5.82 Å². The molecule has 17 heavy (non-hydrogen) atoms. The van der Waals surface area contributed by atoms with E-state index < -0.39 is 0 Å². The molecule has 1 aromatic rings. The highest BCUT2D eigenvalue weighted by Crippen LogP contribution is 2.26. The van der Waals surface area contributed by atoms with Gasteiger partial charge in [0.15, 0.2) is 0 Å². The zero-order chi connectivity index (χ0) is 11.8. The summed E-state index contributed by atoms with van der Waals surface area (Å²) in [6.07, 6.45) is 3.23. The lowest BCUT2D eigenvalue weighted by Gasteiger charge is -2.14. The molecule has 2 fully saturated rings. The summed E-state index contributed by atoms with van der Waals surface area (Å²) in [5.74, 6) is 1.16. The predicted octanol–water partition coefficient (Wildman–Crippen LogP) is 0.951. The first-order chi connectivity index (χ1) is 8.22. The Morgan fingerprint density at radius 2 is 2.29 bits per heavy atom. The van der Waals surface area contributed by atoms with Crippen LogP contribution in [0.25, 0.3) is 0 Å². The van der Waals surface area contributed by atoms with Crippen molar-refractivity contribution in [2.75, 3.05) is 18.0 Å². The SMILES string of the molecule is Cc1nsc(N2CCC(C(=O)NC3CC3)C2)n1. The molecule has 92 valence electrons. The summed E-state index contributed by atoms with van der Waals surface area (Å²) in [6.45, 7) is 3.60. The van der Waals surface area contributed by atoms with Crippen molar-refractivity contribution in [2.45, 2.75) is 32.2 Å². The Labute approximate surface area is 104 Å². The van der Waals surface area contributed by atoms with Crippen molar-refractivity contribution in [1.82, 2.24) is 14.7 Å². The molecule has 0 bridgehead atoms. The molecule has 2 aliphatic rings. The molecule has 1 saturated heterocycles. The lowest BCUT2D eigenvalue weighted by atomic mass is 10.1. The van der Waals surface area contributed by atoms with E-state index >= 15 is 0 Å². The molecule has 1 aliphatic carbocycles. The lowest BCUT2D eigenvalue weighted by Crippen LogP contribution is -2.34. The zero-order valence-electron chi connectivity index (χ0n) is 9.85. The van der Waals surface area contributed by atoms with Gasteiger partial charge in [-0.05, 0) is 26.2 Å². The van der Waals surface area contributed by atoms with Crippen molar-refractivity contribution in [3.05, 3.63) is 5.82 Å². The normalized spacial score (nSPS) is 24.1. The highest BCUT2D eigenvalue weighted by atomic mass is 32.1. The number of nitrogens with zero attached hydrogens (tertiary/aromatic N) is 3. The third-order valence-electron chi connectivity index (χ3n) is 3.27. The molecular weight excluding hydrogens is 236 g/mol.